The highest BCUT2D eigenvalue weighted by atomic mass is 35.5. The first-order valence-corrected chi connectivity index (χ1v) is 15.3. The third kappa shape index (κ3) is 6.53. The smallest absolute Gasteiger partial charge is 0.337 e. The van der Waals surface area contributed by atoms with Crippen molar-refractivity contribution in [2.45, 2.75) is 13.8 Å². The number of aryl methyl sites for hydroxylation is 4. The SMILES string of the molecule is COC(=O)c1ccc(Nc2cc(-c3c(C)nnn3C)cnc2Cl)cc1.COC(=O)c1ccc2c(c1)[nH]c1cc(-c3c(C)nnn3C)cnc12. The summed E-state index contributed by atoms with van der Waals surface area (Å²) in [7, 11) is 6.40. The minimum absolute atomic E-state index is 0.341. The number of anilines is 2. The molecule has 15 heteroatoms. The lowest BCUT2D eigenvalue weighted by atomic mass is 10.1. The fourth-order valence-electron chi connectivity index (χ4n) is 5.49. The van der Waals surface area contributed by atoms with Gasteiger partial charge in [0, 0.05) is 54.2 Å². The summed E-state index contributed by atoms with van der Waals surface area (Å²) in [6.07, 6.45) is 3.50. The van der Waals surface area contributed by atoms with E-state index in [9.17, 15) is 9.59 Å². The fourth-order valence-corrected chi connectivity index (χ4v) is 5.64. The summed E-state index contributed by atoms with van der Waals surface area (Å²) in [6, 6.07) is 16.2. The number of halogens is 1. The van der Waals surface area contributed by atoms with Gasteiger partial charge in [-0.2, -0.15) is 0 Å². The van der Waals surface area contributed by atoms with Gasteiger partial charge in [-0.15, -0.1) is 10.2 Å². The number of hydrogen-bond acceptors (Lipinski definition) is 11. The molecule has 5 aromatic heterocycles. The van der Waals surface area contributed by atoms with Crippen molar-refractivity contribution >= 4 is 56.9 Å². The zero-order chi connectivity index (χ0) is 34.8. The van der Waals surface area contributed by atoms with Crippen molar-refractivity contribution in [2.75, 3.05) is 19.5 Å². The van der Waals surface area contributed by atoms with Gasteiger partial charge in [0.2, 0.25) is 0 Å². The van der Waals surface area contributed by atoms with Crippen molar-refractivity contribution in [1.82, 2.24) is 44.9 Å². The standard InChI is InChI=1S/C17H16ClN5O2.C17H15N5O2/c1-10-15(23(2)22-21-10)12-8-14(16(18)19-9-12)20-13-6-4-11(5-7-13)17(24)25-3;1-9-16(22(2)21-20-9)11-7-14-15(18-8-11)12-5-4-10(17(23)24-3)6-13(12)19-14/h4-9,20H,1-3H3;4-8,19H,1-3H3. The molecule has 248 valence electrons. The Morgan fingerprint density at radius 2 is 1.33 bits per heavy atom. The van der Waals surface area contributed by atoms with Crippen molar-refractivity contribution in [3.05, 3.63) is 94.7 Å². The number of ether oxygens (including phenoxy) is 2. The first-order valence-electron chi connectivity index (χ1n) is 14.9. The quantitative estimate of drug-likeness (QED) is 0.157. The zero-order valence-corrected chi connectivity index (χ0v) is 28.2. The molecular weight excluding hydrogens is 648 g/mol. The van der Waals surface area contributed by atoms with E-state index in [4.69, 9.17) is 16.3 Å². The van der Waals surface area contributed by atoms with Gasteiger partial charge in [-0.25, -0.2) is 23.9 Å². The van der Waals surface area contributed by atoms with Crippen molar-refractivity contribution in [1.29, 1.82) is 0 Å². The summed E-state index contributed by atoms with van der Waals surface area (Å²) in [5, 5.41) is 20.7. The first kappa shape index (κ1) is 32.8. The Bertz CT molecular complexity index is 2300. The minimum atomic E-state index is -0.382. The highest BCUT2D eigenvalue weighted by Gasteiger charge is 2.15. The van der Waals surface area contributed by atoms with Crippen LogP contribution in [0.25, 0.3) is 44.5 Å². The van der Waals surface area contributed by atoms with Gasteiger partial charge >= 0.3 is 11.9 Å². The van der Waals surface area contributed by atoms with Crippen LogP contribution < -0.4 is 5.32 Å². The minimum Gasteiger partial charge on any atom is -0.465 e. The second-order valence-corrected chi connectivity index (χ2v) is 11.4. The first-order chi connectivity index (χ1) is 23.6. The zero-order valence-electron chi connectivity index (χ0n) is 27.4. The normalized spacial score (nSPS) is 10.9. The van der Waals surface area contributed by atoms with Crippen LogP contribution in [0.2, 0.25) is 5.15 Å². The average molecular weight is 679 g/mol. The third-order valence-electron chi connectivity index (χ3n) is 7.81. The number of carbonyl (C=O) groups excluding carboxylic acids is 2. The van der Waals surface area contributed by atoms with Crippen LogP contribution in [-0.2, 0) is 23.6 Å². The Hall–Kier alpha value is -6.15. The Morgan fingerprint density at radius 1 is 0.755 bits per heavy atom. The van der Waals surface area contributed by atoms with E-state index in [1.165, 1.54) is 14.2 Å². The number of aromatic amines is 1. The molecule has 2 N–H and O–H groups in total. The molecule has 0 saturated carbocycles. The van der Waals surface area contributed by atoms with E-state index in [1.807, 2.05) is 52.3 Å². The van der Waals surface area contributed by atoms with Crippen molar-refractivity contribution in [3.8, 4) is 22.5 Å². The molecule has 0 atom stereocenters. The highest BCUT2D eigenvalue weighted by Crippen LogP contribution is 2.31. The van der Waals surface area contributed by atoms with E-state index >= 15 is 0 Å². The Kier molecular flexibility index (Phi) is 9.05. The second kappa shape index (κ2) is 13.5. The lowest BCUT2D eigenvalue weighted by Gasteiger charge is -2.11. The summed E-state index contributed by atoms with van der Waals surface area (Å²) in [6.45, 7) is 3.80. The molecule has 0 radical (unpaired) electrons. The van der Waals surface area contributed by atoms with Crippen LogP contribution >= 0.6 is 11.6 Å². The van der Waals surface area contributed by atoms with Gasteiger partial charge in [0.15, 0.2) is 5.15 Å². The molecule has 2 aromatic carbocycles. The number of H-pyrrole nitrogens is 1. The summed E-state index contributed by atoms with van der Waals surface area (Å²) < 4.78 is 12.9. The molecule has 5 heterocycles. The topological polar surface area (TPSA) is 168 Å². The number of hydrogen-bond donors (Lipinski definition) is 2. The molecule has 0 bridgehead atoms. The predicted molar refractivity (Wildman–Crippen MR) is 185 cm³/mol. The summed E-state index contributed by atoms with van der Waals surface area (Å²) in [5.74, 6) is -0.742. The number of nitrogens with one attached hydrogen (secondary N) is 2. The van der Waals surface area contributed by atoms with E-state index in [0.717, 1.165) is 61.5 Å². The molecule has 7 aromatic rings. The van der Waals surface area contributed by atoms with Crippen LogP contribution in [0.1, 0.15) is 32.1 Å². The van der Waals surface area contributed by atoms with Crippen LogP contribution in [0.3, 0.4) is 0 Å². The molecule has 0 spiro atoms. The molecule has 0 unspecified atom stereocenters. The summed E-state index contributed by atoms with van der Waals surface area (Å²) >= 11 is 6.21. The number of pyridine rings is 2. The second-order valence-electron chi connectivity index (χ2n) is 11.0. The van der Waals surface area contributed by atoms with Crippen molar-refractivity contribution < 1.29 is 19.1 Å². The van der Waals surface area contributed by atoms with Crippen LogP contribution in [0, 0.1) is 13.8 Å². The van der Waals surface area contributed by atoms with E-state index in [-0.39, 0.29) is 11.9 Å². The molecule has 7 rings (SSSR count). The number of carbonyl (C=O) groups is 2. The highest BCUT2D eigenvalue weighted by molar-refractivity contribution is 6.32. The van der Waals surface area contributed by atoms with Crippen LogP contribution in [0.15, 0.2) is 67.0 Å². The molecule has 49 heavy (non-hydrogen) atoms. The van der Waals surface area contributed by atoms with Crippen LogP contribution in [0.5, 0.6) is 0 Å². The number of methoxy groups -OCH3 is 2. The lowest BCUT2D eigenvalue weighted by molar-refractivity contribution is 0.0592. The van der Waals surface area contributed by atoms with Gasteiger partial charge in [-0.3, -0.25) is 4.98 Å². The lowest BCUT2D eigenvalue weighted by Crippen LogP contribution is -2.01. The number of fused-ring (bicyclic) bond motifs is 3. The molecule has 0 aliphatic rings. The molecule has 0 saturated heterocycles. The van der Waals surface area contributed by atoms with Gasteiger partial charge in [0.25, 0.3) is 0 Å². The van der Waals surface area contributed by atoms with Gasteiger partial charge < -0.3 is 19.8 Å². The molecule has 0 amide bonds. The van der Waals surface area contributed by atoms with E-state index in [2.05, 4.69) is 45.6 Å². The number of nitrogens with zero attached hydrogens (tertiary/aromatic N) is 8. The Labute approximate surface area is 285 Å². The van der Waals surface area contributed by atoms with Gasteiger partial charge in [-0.1, -0.05) is 22.0 Å². The van der Waals surface area contributed by atoms with Crippen LogP contribution in [-0.4, -0.2) is 71.1 Å². The largest absolute Gasteiger partial charge is 0.465 e. The molecule has 14 nitrogen and oxygen atoms in total. The average Bonchev–Trinajstić information content (AvgIpc) is 3.77. The summed E-state index contributed by atoms with van der Waals surface area (Å²) in [5.41, 5.74) is 10.2. The maximum absolute atomic E-state index is 11.7. The Morgan fingerprint density at radius 3 is 1.92 bits per heavy atom. The molecule has 0 aliphatic heterocycles. The van der Waals surface area contributed by atoms with E-state index < -0.39 is 0 Å². The van der Waals surface area contributed by atoms with Crippen LogP contribution in [0.4, 0.5) is 11.4 Å². The number of esters is 2. The molecule has 0 fully saturated rings. The predicted octanol–water partition coefficient (Wildman–Crippen LogP) is 5.98. The Balaban J connectivity index is 0.000000170. The van der Waals surface area contributed by atoms with E-state index in [0.29, 0.717) is 22.0 Å². The molecular formula is C34H31ClN10O4. The maximum atomic E-state index is 11.7. The number of benzene rings is 2. The van der Waals surface area contributed by atoms with Gasteiger partial charge in [-0.05, 0) is 68.4 Å². The monoisotopic (exact) mass is 678 g/mol. The van der Waals surface area contributed by atoms with Crippen molar-refractivity contribution in [2.24, 2.45) is 14.1 Å². The third-order valence-corrected chi connectivity index (χ3v) is 8.12. The maximum Gasteiger partial charge on any atom is 0.337 e. The fraction of sp³-hybridized carbons (Fsp3) is 0.176. The molecule has 0 aliphatic carbocycles. The number of rotatable bonds is 6. The van der Waals surface area contributed by atoms with Gasteiger partial charge in [0.05, 0.1) is 64.8 Å². The van der Waals surface area contributed by atoms with E-state index in [1.54, 1.807) is 52.0 Å². The van der Waals surface area contributed by atoms with Crippen molar-refractivity contribution in [3.63, 3.8) is 0 Å². The number of aromatic nitrogens is 9. The summed E-state index contributed by atoms with van der Waals surface area (Å²) in [4.78, 5) is 35.3. The van der Waals surface area contributed by atoms with Gasteiger partial charge in [0.1, 0.15) is 0 Å².